The van der Waals surface area contributed by atoms with Crippen molar-refractivity contribution in [3.05, 3.63) is 47.0 Å². The summed E-state index contributed by atoms with van der Waals surface area (Å²) in [6.07, 6.45) is 4.27. The summed E-state index contributed by atoms with van der Waals surface area (Å²) in [5.41, 5.74) is 1.35. The molecule has 1 aromatic carbocycles. The van der Waals surface area contributed by atoms with Crippen LogP contribution >= 0.6 is 11.6 Å². The molecule has 5 heteroatoms. The summed E-state index contributed by atoms with van der Waals surface area (Å²) >= 11 is 5.88. The molecule has 0 aliphatic rings. The van der Waals surface area contributed by atoms with Gasteiger partial charge in [0.05, 0.1) is 11.3 Å². The van der Waals surface area contributed by atoms with E-state index in [-0.39, 0.29) is 0 Å². The largest absolute Gasteiger partial charge is 0.383 e. The van der Waals surface area contributed by atoms with Crippen molar-refractivity contribution in [2.45, 2.75) is 6.42 Å². The van der Waals surface area contributed by atoms with Crippen molar-refractivity contribution in [2.24, 2.45) is 0 Å². The van der Waals surface area contributed by atoms with Crippen molar-refractivity contribution in [2.75, 3.05) is 11.9 Å². The molecular weight excluding hydrogens is 236 g/mol. The van der Waals surface area contributed by atoms with Gasteiger partial charge in [-0.1, -0.05) is 11.6 Å². The van der Waals surface area contributed by atoms with Crippen molar-refractivity contribution < 1.29 is 0 Å². The number of hydrogen-bond acceptors (Lipinski definition) is 3. The van der Waals surface area contributed by atoms with Crippen LogP contribution in [0.4, 0.5) is 5.69 Å². The van der Waals surface area contributed by atoms with E-state index in [1.54, 1.807) is 30.6 Å². The maximum atomic E-state index is 8.94. The molecule has 2 aromatic rings. The molecule has 0 atom stereocenters. The summed E-state index contributed by atoms with van der Waals surface area (Å²) in [7, 11) is 0. The average molecular weight is 247 g/mol. The fraction of sp³-hybridized carbons (Fsp3) is 0.167. The second-order valence-corrected chi connectivity index (χ2v) is 3.95. The maximum Gasteiger partial charge on any atom is 0.107 e. The minimum absolute atomic E-state index is 0.592. The number of halogens is 1. The number of aromatic nitrogens is 2. The molecule has 2 rings (SSSR count). The zero-order valence-corrected chi connectivity index (χ0v) is 9.83. The Morgan fingerprint density at radius 2 is 2.35 bits per heavy atom. The standard InChI is InChI=1S/C12H11ClN4/c13-10-2-1-9(8-14)11(7-10)15-4-3-12-16-5-6-17-12/h1-2,5-7,15H,3-4H2,(H,16,17). The number of aromatic amines is 1. The first-order valence-electron chi connectivity index (χ1n) is 5.21. The van der Waals surface area contributed by atoms with Gasteiger partial charge in [0.2, 0.25) is 0 Å². The number of nitrogens with zero attached hydrogens (tertiary/aromatic N) is 2. The van der Waals surface area contributed by atoms with E-state index < -0.39 is 0 Å². The third kappa shape index (κ3) is 2.99. The highest BCUT2D eigenvalue weighted by Crippen LogP contribution is 2.20. The number of anilines is 1. The zero-order chi connectivity index (χ0) is 12.1. The molecule has 0 bridgehead atoms. The lowest BCUT2D eigenvalue weighted by molar-refractivity contribution is 0.927. The number of rotatable bonds is 4. The Hall–Kier alpha value is -1.99. The van der Waals surface area contributed by atoms with Crippen molar-refractivity contribution in [3.8, 4) is 6.07 Å². The highest BCUT2D eigenvalue weighted by atomic mass is 35.5. The van der Waals surface area contributed by atoms with Gasteiger partial charge in [0.25, 0.3) is 0 Å². The molecular formula is C12H11ClN4. The summed E-state index contributed by atoms with van der Waals surface area (Å²) in [5, 5.41) is 12.7. The van der Waals surface area contributed by atoms with Crippen LogP contribution in [0.15, 0.2) is 30.6 Å². The smallest absolute Gasteiger partial charge is 0.107 e. The monoisotopic (exact) mass is 246 g/mol. The lowest BCUT2D eigenvalue weighted by atomic mass is 10.2. The van der Waals surface area contributed by atoms with Crippen molar-refractivity contribution in [1.29, 1.82) is 5.26 Å². The number of imidazole rings is 1. The molecule has 0 saturated carbocycles. The van der Waals surface area contributed by atoms with Crippen LogP contribution < -0.4 is 5.32 Å². The van der Waals surface area contributed by atoms with Crippen molar-refractivity contribution >= 4 is 17.3 Å². The molecule has 0 saturated heterocycles. The molecule has 0 spiro atoms. The summed E-state index contributed by atoms with van der Waals surface area (Å²) in [6.45, 7) is 0.697. The van der Waals surface area contributed by atoms with E-state index in [2.05, 4.69) is 21.4 Å². The zero-order valence-electron chi connectivity index (χ0n) is 9.07. The van der Waals surface area contributed by atoms with Gasteiger partial charge in [-0.15, -0.1) is 0 Å². The van der Waals surface area contributed by atoms with Crippen LogP contribution in [0.3, 0.4) is 0 Å². The van der Waals surface area contributed by atoms with Crippen LogP contribution in [-0.2, 0) is 6.42 Å². The first-order valence-corrected chi connectivity index (χ1v) is 5.59. The predicted octanol–water partition coefficient (Wildman–Crippen LogP) is 2.59. The Labute approximate surface area is 104 Å². The Kier molecular flexibility index (Phi) is 3.63. The molecule has 0 amide bonds. The van der Waals surface area contributed by atoms with Gasteiger partial charge >= 0.3 is 0 Å². The SMILES string of the molecule is N#Cc1ccc(Cl)cc1NCCc1ncc[nH]1. The van der Waals surface area contributed by atoms with Crippen LogP contribution in [0.25, 0.3) is 0 Å². The van der Waals surface area contributed by atoms with Gasteiger partial charge in [-0.05, 0) is 18.2 Å². The molecule has 2 N–H and O–H groups in total. The summed E-state index contributed by atoms with van der Waals surface area (Å²) < 4.78 is 0. The molecule has 4 nitrogen and oxygen atoms in total. The van der Waals surface area contributed by atoms with Gasteiger partial charge in [-0.25, -0.2) is 4.98 Å². The highest BCUT2D eigenvalue weighted by Gasteiger charge is 2.02. The van der Waals surface area contributed by atoms with Crippen molar-refractivity contribution in [1.82, 2.24) is 9.97 Å². The van der Waals surface area contributed by atoms with E-state index in [0.717, 1.165) is 17.9 Å². The fourth-order valence-corrected chi connectivity index (χ4v) is 1.68. The van der Waals surface area contributed by atoms with Gasteiger partial charge in [0.1, 0.15) is 11.9 Å². The van der Waals surface area contributed by atoms with Gasteiger partial charge < -0.3 is 10.3 Å². The van der Waals surface area contributed by atoms with E-state index in [4.69, 9.17) is 16.9 Å². The maximum absolute atomic E-state index is 8.94. The van der Waals surface area contributed by atoms with E-state index in [0.29, 0.717) is 17.1 Å². The van der Waals surface area contributed by atoms with Crippen LogP contribution in [0.1, 0.15) is 11.4 Å². The number of benzene rings is 1. The Morgan fingerprint density at radius 3 is 3.06 bits per heavy atom. The minimum atomic E-state index is 0.592. The van der Waals surface area contributed by atoms with Crippen LogP contribution in [0, 0.1) is 11.3 Å². The molecule has 0 radical (unpaired) electrons. The summed E-state index contributed by atoms with van der Waals surface area (Å²) in [5.74, 6) is 0.915. The van der Waals surface area contributed by atoms with Gasteiger partial charge in [0, 0.05) is 30.4 Å². The Morgan fingerprint density at radius 1 is 1.47 bits per heavy atom. The second-order valence-electron chi connectivity index (χ2n) is 3.51. The Bertz CT molecular complexity index is 528. The molecule has 1 aromatic heterocycles. The first-order chi connectivity index (χ1) is 8.29. The summed E-state index contributed by atoms with van der Waals surface area (Å²) in [6, 6.07) is 7.29. The fourth-order valence-electron chi connectivity index (χ4n) is 1.51. The first kappa shape index (κ1) is 11.5. The van der Waals surface area contributed by atoms with Crippen LogP contribution in [0.5, 0.6) is 0 Å². The molecule has 1 heterocycles. The Balaban J connectivity index is 1.99. The molecule has 0 aliphatic carbocycles. The van der Waals surface area contributed by atoms with Gasteiger partial charge in [-0.3, -0.25) is 0 Å². The number of nitrogens with one attached hydrogen (secondary N) is 2. The number of H-pyrrole nitrogens is 1. The second kappa shape index (κ2) is 5.37. The number of hydrogen-bond donors (Lipinski definition) is 2. The quantitative estimate of drug-likeness (QED) is 0.872. The molecule has 0 unspecified atom stereocenters. The summed E-state index contributed by atoms with van der Waals surface area (Å²) in [4.78, 5) is 7.14. The van der Waals surface area contributed by atoms with E-state index in [9.17, 15) is 0 Å². The molecule has 0 fully saturated rings. The van der Waals surface area contributed by atoms with Gasteiger partial charge in [-0.2, -0.15) is 5.26 Å². The third-order valence-electron chi connectivity index (χ3n) is 2.33. The normalized spacial score (nSPS) is 9.88. The van der Waals surface area contributed by atoms with Crippen molar-refractivity contribution in [3.63, 3.8) is 0 Å². The van der Waals surface area contributed by atoms with Crippen LogP contribution in [-0.4, -0.2) is 16.5 Å². The van der Waals surface area contributed by atoms with Gasteiger partial charge in [0.15, 0.2) is 0 Å². The average Bonchev–Trinajstić information content (AvgIpc) is 2.82. The number of nitriles is 1. The lowest BCUT2D eigenvalue weighted by Crippen LogP contribution is -2.07. The van der Waals surface area contributed by atoms with Crippen LogP contribution in [0.2, 0.25) is 5.02 Å². The molecule has 86 valence electrons. The predicted molar refractivity (Wildman–Crippen MR) is 66.9 cm³/mol. The minimum Gasteiger partial charge on any atom is -0.383 e. The van der Waals surface area contributed by atoms with E-state index in [1.165, 1.54) is 0 Å². The third-order valence-corrected chi connectivity index (χ3v) is 2.57. The van der Waals surface area contributed by atoms with E-state index >= 15 is 0 Å². The molecule has 17 heavy (non-hydrogen) atoms. The molecule has 0 aliphatic heterocycles. The lowest BCUT2D eigenvalue weighted by Gasteiger charge is -2.07. The van der Waals surface area contributed by atoms with E-state index in [1.807, 2.05) is 0 Å². The topological polar surface area (TPSA) is 64.5 Å². The highest BCUT2D eigenvalue weighted by molar-refractivity contribution is 6.30.